The van der Waals surface area contributed by atoms with Gasteiger partial charge < -0.3 is 14.4 Å². The molecule has 0 radical (unpaired) electrons. The van der Waals surface area contributed by atoms with Gasteiger partial charge in [-0.2, -0.15) is 5.10 Å². The third-order valence-electron chi connectivity index (χ3n) is 5.35. The SMILES string of the molecule is O=C(N/N=C\c1ccc(OCC(=O)N2CCOCC2)cc1)c1ccc(CSc2ccccc2)cc1. The normalized spacial score (nSPS) is 13.5. The first-order valence-electron chi connectivity index (χ1n) is 11.4. The fourth-order valence-electron chi connectivity index (χ4n) is 3.36. The molecule has 1 fully saturated rings. The number of nitrogens with one attached hydrogen (secondary N) is 1. The lowest BCUT2D eigenvalue weighted by atomic mass is 10.1. The fourth-order valence-corrected chi connectivity index (χ4v) is 4.24. The largest absolute Gasteiger partial charge is 0.484 e. The summed E-state index contributed by atoms with van der Waals surface area (Å²) in [6.07, 6.45) is 1.56. The minimum absolute atomic E-state index is 0.00672. The van der Waals surface area contributed by atoms with E-state index in [0.717, 1.165) is 16.9 Å². The van der Waals surface area contributed by atoms with Crippen molar-refractivity contribution in [1.82, 2.24) is 10.3 Å². The van der Waals surface area contributed by atoms with Crippen molar-refractivity contribution in [3.8, 4) is 5.75 Å². The fraction of sp³-hybridized carbons (Fsp3) is 0.222. The first kappa shape index (κ1) is 24.5. The highest BCUT2D eigenvalue weighted by molar-refractivity contribution is 7.98. The van der Waals surface area contributed by atoms with E-state index in [1.165, 1.54) is 4.90 Å². The molecule has 3 aromatic carbocycles. The monoisotopic (exact) mass is 489 g/mol. The molecule has 7 nitrogen and oxygen atoms in total. The van der Waals surface area contributed by atoms with E-state index in [0.29, 0.717) is 37.6 Å². The zero-order chi connectivity index (χ0) is 24.3. The highest BCUT2D eigenvalue weighted by Gasteiger charge is 2.17. The van der Waals surface area contributed by atoms with Crippen molar-refractivity contribution >= 4 is 29.8 Å². The number of carbonyl (C=O) groups excluding carboxylic acids is 2. The number of hydrazone groups is 1. The lowest BCUT2D eigenvalue weighted by Crippen LogP contribution is -2.42. The summed E-state index contributed by atoms with van der Waals surface area (Å²) in [5.41, 5.74) is 5.04. The van der Waals surface area contributed by atoms with Crippen LogP contribution in [0.2, 0.25) is 0 Å². The molecule has 0 saturated carbocycles. The molecule has 0 atom stereocenters. The van der Waals surface area contributed by atoms with Gasteiger partial charge in [0.1, 0.15) is 5.75 Å². The number of morpholine rings is 1. The van der Waals surface area contributed by atoms with Crippen LogP contribution in [0.15, 0.2) is 88.9 Å². The molecule has 2 amide bonds. The Morgan fingerprint density at radius 1 is 0.971 bits per heavy atom. The summed E-state index contributed by atoms with van der Waals surface area (Å²) in [4.78, 5) is 27.5. The molecule has 1 heterocycles. The maximum absolute atomic E-state index is 12.4. The van der Waals surface area contributed by atoms with Gasteiger partial charge in [0.25, 0.3) is 11.8 Å². The minimum atomic E-state index is -0.273. The van der Waals surface area contributed by atoms with Crippen molar-refractivity contribution in [2.45, 2.75) is 10.6 Å². The second-order valence-electron chi connectivity index (χ2n) is 7.85. The molecule has 0 spiro atoms. The molecule has 180 valence electrons. The highest BCUT2D eigenvalue weighted by Crippen LogP contribution is 2.22. The lowest BCUT2D eigenvalue weighted by Gasteiger charge is -2.26. The number of benzene rings is 3. The summed E-state index contributed by atoms with van der Waals surface area (Å²) in [6, 6.07) is 24.9. The Morgan fingerprint density at radius 2 is 1.69 bits per heavy atom. The van der Waals surface area contributed by atoms with Crippen LogP contribution >= 0.6 is 11.8 Å². The van der Waals surface area contributed by atoms with Crippen LogP contribution in [0.25, 0.3) is 0 Å². The first-order valence-corrected chi connectivity index (χ1v) is 12.3. The van der Waals surface area contributed by atoms with E-state index in [4.69, 9.17) is 9.47 Å². The molecule has 8 heteroatoms. The summed E-state index contributed by atoms with van der Waals surface area (Å²) in [5, 5.41) is 4.04. The van der Waals surface area contributed by atoms with Gasteiger partial charge in [0, 0.05) is 29.3 Å². The maximum atomic E-state index is 12.4. The van der Waals surface area contributed by atoms with Gasteiger partial charge in [-0.3, -0.25) is 9.59 Å². The van der Waals surface area contributed by atoms with Crippen molar-refractivity contribution in [2.75, 3.05) is 32.9 Å². The van der Waals surface area contributed by atoms with Crippen molar-refractivity contribution < 1.29 is 19.1 Å². The van der Waals surface area contributed by atoms with Gasteiger partial charge >= 0.3 is 0 Å². The molecule has 1 aliphatic rings. The lowest BCUT2D eigenvalue weighted by molar-refractivity contribution is -0.137. The number of amides is 2. The number of hydrogen-bond acceptors (Lipinski definition) is 6. The molecule has 1 aliphatic heterocycles. The van der Waals surface area contributed by atoms with Crippen LogP contribution in [0.5, 0.6) is 5.75 Å². The summed E-state index contributed by atoms with van der Waals surface area (Å²) in [7, 11) is 0. The summed E-state index contributed by atoms with van der Waals surface area (Å²) >= 11 is 1.75. The third-order valence-corrected chi connectivity index (χ3v) is 6.43. The van der Waals surface area contributed by atoms with E-state index >= 15 is 0 Å². The van der Waals surface area contributed by atoms with Gasteiger partial charge in [0.2, 0.25) is 0 Å². The van der Waals surface area contributed by atoms with Gasteiger partial charge in [0.05, 0.1) is 19.4 Å². The topological polar surface area (TPSA) is 80.2 Å². The Labute approximate surface area is 209 Å². The van der Waals surface area contributed by atoms with Crippen LogP contribution in [0.1, 0.15) is 21.5 Å². The molecular formula is C27H27N3O4S. The highest BCUT2D eigenvalue weighted by atomic mass is 32.2. The van der Waals surface area contributed by atoms with Gasteiger partial charge in [-0.25, -0.2) is 5.43 Å². The summed E-state index contributed by atoms with van der Waals surface area (Å²) in [5.74, 6) is 1.11. The Morgan fingerprint density at radius 3 is 2.40 bits per heavy atom. The molecule has 0 bridgehead atoms. The van der Waals surface area contributed by atoms with E-state index in [-0.39, 0.29) is 18.4 Å². The predicted molar refractivity (Wildman–Crippen MR) is 137 cm³/mol. The van der Waals surface area contributed by atoms with E-state index in [1.807, 2.05) is 42.5 Å². The molecule has 35 heavy (non-hydrogen) atoms. The van der Waals surface area contributed by atoms with Gasteiger partial charge in [-0.05, 0) is 59.7 Å². The van der Waals surface area contributed by atoms with Crippen molar-refractivity contribution in [1.29, 1.82) is 0 Å². The number of ether oxygens (including phenoxy) is 2. The van der Waals surface area contributed by atoms with E-state index in [2.05, 4.69) is 22.7 Å². The summed E-state index contributed by atoms with van der Waals surface area (Å²) in [6.45, 7) is 2.32. The number of hydrogen-bond donors (Lipinski definition) is 1. The zero-order valence-electron chi connectivity index (χ0n) is 19.3. The van der Waals surface area contributed by atoms with Gasteiger partial charge in [-0.15, -0.1) is 11.8 Å². The summed E-state index contributed by atoms with van der Waals surface area (Å²) < 4.78 is 10.8. The Hall–Kier alpha value is -3.62. The molecular weight excluding hydrogens is 462 g/mol. The van der Waals surface area contributed by atoms with Crippen molar-refractivity contribution in [3.05, 3.63) is 95.6 Å². The zero-order valence-corrected chi connectivity index (χ0v) is 20.1. The second kappa shape index (κ2) is 12.7. The Kier molecular flexibility index (Phi) is 8.91. The molecule has 1 N–H and O–H groups in total. The average Bonchev–Trinajstić information content (AvgIpc) is 2.92. The van der Waals surface area contributed by atoms with Crippen LogP contribution < -0.4 is 10.2 Å². The molecule has 0 aromatic heterocycles. The van der Waals surface area contributed by atoms with Crippen molar-refractivity contribution in [3.63, 3.8) is 0 Å². The van der Waals surface area contributed by atoms with Crippen LogP contribution in [0, 0.1) is 0 Å². The minimum Gasteiger partial charge on any atom is -0.484 e. The Bertz CT molecular complexity index is 1130. The smallest absolute Gasteiger partial charge is 0.271 e. The van der Waals surface area contributed by atoms with E-state index in [1.54, 1.807) is 47.1 Å². The molecule has 4 rings (SSSR count). The molecule has 3 aromatic rings. The molecule has 1 saturated heterocycles. The predicted octanol–water partition coefficient (Wildman–Crippen LogP) is 3.98. The Balaban J connectivity index is 1.20. The number of nitrogens with zero attached hydrogens (tertiary/aromatic N) is 2. The third kappa shape index (κ3) is 7.70. The number of carbonyl (C=O) groups is 2. The average molecular weight is 490 g/mol. The van der Waals surface area contributed by atoms with Crippen LogP contribution in [-0.4, -0.2) is 55.8 Å². The van der Waals surface area contributed by atoms with Crippen molar-refractivity contribution in [2.24, 2.45) is 5.10 Å². The maximum Gasteiger partial charge on any atom is 0.271 e. The molecule has 0 aliphatic carbocycles. The van der Waals surface area contributed by atoms with Crippen LogP contribution in [0.4, 0.5) is 0 Å². The van der Waals surface area contributed by atoms with Gasteiger partial charge in [-0.1, -0.05) is 30.3 Å². The van der Waals surface area contributed by atoms with E-state index in [9.17, 15) is 9.59 Å². The number of rotatable bonds is 9. The first-order chi connectivity index (χ1) is 17.2. The molecule has 0 unspecified atom stereocenters. The standard InChI is InChI=1S/C27H27N3O4S/c31-26(30-14-16-33-17-15-30)19-34-24-12-8-21(9-13-24)18-28-29-27(32)23-10-6-22(7-11-23)20-35-25-4-2-1-3-5-25/h1-13,18H,14-17,19-20H2,(H,29,32)/b28-18-. The quantitative estimate of drug-likeness (QED) is 0.279. The van der Waals surface area contributed by atoms with Gasteiger partial charge in [0.15, 0.2) is 6.61 Å². The van der Waals surface area contributed by atoms with Crippen LogP contribution in [0.3, 0.4) is 0 Å². The number of thioether (sulfide) groups is 1. The van der Waals surface area contributed by atoms with E-state index < -0.39 is 0 Å². The van der Waals surface area contributed by atoms with Crippen LogP contribution in [-0.2, 0) is 15.3 Å². The second-order valence-corrected chi connectivity index (χ2v) is 8.90.